The maximum Gasteiger partial charge on any atom is 0.223 e. The molecule has 0 aliphatic carbocycles. The smallest absolute Gasteiger partial charge is 0.223 e. The Morgan fingerprint density at radius 1 is 1.06 bits per heavy atom. The molecule has 1 saturated heterocycles. The fraction of sp³-hybridized carbons (Fsp3) is 0.333. The Balaban J connectivity index is 1.22. The predicted molar refractivity (Wildman–Crippen MR) is 120 cm³/mol. The Hall–Kier alpha value is -2.83. The van der Waals surface area contributed by atoms with Crippen molar-refractivity contribution in [2.45, 2.75) is 19.4 Å². The van der Waals surface area contributed by atoms with Crippen LogP contribution in [0.1, 0.15) is 17.9 Å². The summed E-state index contributed by atoms with van der Waals surface area (Å²) in [5.41, 5.74) is 2.17. The zero-order valence-corrected chi connectivity index (χ0v) is 18.3. The maximum absolute atomic E-state index is 12.6. The second-order valence-electron chi connectivity index (χ2n) is 7.63. The lowest BCUT2D eigenvalue weighted by molar-refractivity contribution is -0.133. The molecule has 1 fully saturated rings. The molecule has 2 heterocycles. The van der Waals surface area contributed by atoms with Gasteiger partial charge in [-0.3, -0.25) is 9.69 Å². The molecule has 2 aromatic carbocycles. The number of methoxy groups -OCH3 is 1. The lowest BCUT2D eigenvalue weighted by Crippen LogP contribution is -2.48. The van der Waals surface area contributed by atoms with Crippen LogP contribution in [0.2, 0.25) is 5.02 Å². The molecule has 1 aromatic heterocycles. The van der Waals surface area contributed by atoms with Crippen molar-refractivity contribution >= 4 is 17.5 Å². The molecule has 0 unspecified atom stereocenters. The van der Waals surface area contributed by atoms with Crippen LogP contribution in [0.15, 0.2) is 59.1 Å². The molecular weight excluding hydrogens is 414 g/mol. The molecule has 0 bridgehead atoms. The summed E-state index contributed by atoms with van der Waals surface area (Å²) >= 11 is 5.93. The van der Waals surface area contributed by atoms with Crippen molar-refractivity contribution in [1.82, 2.24) is 14.8 Å². The number of rotatable bonds is 7. The van der Waals surface area contributed by atoms with E-state index in [-0.39, 0.29) is 5.91 Å². The van der Waals surface area contributed by atoms with Crippen molar-refractivity contribution in [3.05, 3.63) is 71.2 Å². The van der Waals surface area contributed by atoms with Gasteiger partial charge in [-0.2, -0.15) is 0 Å². The first kappa shape index (κ1) is 21.4. The van der Waals surface area contributed by atoms with Gasteiger partial charge < -0.3 is 14.1 Å². The molecule has 162 valence electrons. The molecule has 4 rings (SSSR count). The SMILES string of the molecule is COc1ccc(CN2CCN(C(=O)CCc3ncc(-c4ccc(Cl)cc4)o3)CC2)cc1. The Labute approximate surface area is 187 Å². The highest BCUT2D eigenvalue weighted by Crippen LogP contribution is 2.23. The van der Waals surface area contributed by atoms with Crippen LogP contribution in [0, 0.1) is 0 Å². The Morgan fingerprint density at radius 3 is 2.45 bits per heavy atom. The van der Waals surface area contributed by atoms with Crippen LogP contribution < -0.4 is 4.74 Å². The van der Waals surface area contributed by atoms with E-state index in [0.717, 1.165) is 44.0 Å². The van der Waals surface area contributed by atoms with E-state index < -0.39 is 0 Å². The van der Waals surface area contributed by atoms with Crippen LogP contribution in [0.25, 0.3) is 11.3 Å². The highest BCUT2D eigenvalue weighted by atomic mass is 35.5. The Kier molecular flexibility index (Phi) is 6.89. The van der Waals surface area contributed by atoms with Gasteiger partial charge in [0, 0.05) is 56.2 Å². The third-order valence-corrected chi connectivity index (χ3v) is 5.78. The summed E-state index contributed by atoms with van der Waals surface area (Å²) in [7, 11) is 1.67. The van der Waals surface area contributed by atoms with Crippen molar-refractivity contribution in [2.24, 2.45) is 0 Å². The number of amides is 1. The van der Waals surface area contributed by atoms with Gasteiger partial charge in [0.25, 0.3) is 0 Å². The monoisotopic (exact) mass is 439 g/mol. The summed E-state index contributed by atoms with van der Waals surface area (Å²) in [5.74, 6) is 2.28. The number of ether oxygens (including phenoxy) is 1. The van der Waals surface area contributed by atoms with E-state index in [1.54, 1.807) is 13.3 Å². The molecule has 1 amide bonds. The number of benzene rings is 2. The molecule has 7 heteroatoms. The van der Waals surface area contributed by atoms with Gasteiger partial charge in [0.2, 0.25) is 5.91 Å². The van der Waals surface area contributed by atoms with Crippen molar-refractivity contribution in [3.63, 3.8) is 0 Å². The Bertz CT molecular complexity index is 994. The third-order valence-electron chi connectivity index (χ3n) is 5.53. The second-order valence-corrected chi connectivity index (χ2v) is 8.07. The fourth-order valence-corrected chi connectivity index (χ4v) is 3.82. The number of piperazine rings is 1. The number of carbonyl (C=O) groups excluding carboxylic acids is 1. The molecule has 0 radical (unpaired) electrons. The molecule has 0 spiro atoms. The van der Waals surface area contributed by atoms with Crippen LogP contribution in [0.4, 0.5) is 0 Å². The quantitative estimate of drug-likeness (QED) is 0.550. The van der Waals surface area contributed by atoms with Crippen molar-refractivity contribution in [3.8, 4) is 17.1 Å². The first-order valence-corrected chi connectivity index (χ1v) is 10.8. The summed E-state index contributed by atoms with van der Waals surface area (Å²) in [6.45, 7) is 4.12. The molecule has 0 atom stereocenters. The van der Waals surface area contributed by atoms with E-state index in [4.69, 9.17) is 20.8 Å². The predicted octanol–water partition coefficient (Wildman–Crippen LogP) is 4.28. The molecule has 1 aliphatic rings. The molecular formula is C24H26ClN3O3. The minimum absolute atomic E-state index is 0.148. The van der Waals surface area contributed by atoms with Gasteiger partial charge in [-0.25, -0.2) is 4.98 Å². The zero-order valence-electron chi connectivity index (χ0n) is 17.6. The van der Waals surface area contributed by atoms with Gasteiger partial charge in [0.1, 0.15) is 5.75 Å². The largest absolute Gasteiger partial charge is 0.497 e. The van der Waals surface area contributed by atoms with Gasteiger partial charge in [0.15, 0.2) is 11.7 Å². The van der Waals surface area contributed by atoms with Crippen LogP contribution in [0.5, 0.6) is 5.75 Å². The number of aryl methyl sites for hydroxylation is 1. The molecule has 0 N–H and O–H groups in total. The summed E-state index contributed by atoms with van der Waals surface area (Å²) in [6.07, 6.45) is 2.60. The van der Waals surface area contributed by atoms with E-state index in [9.17, 15) is 4.79 Å². The van der Waals surface area contributed by atoms with Crippen LogP contribution >= 0.6 is 11.6 Å². The number of carbonyl (C=O) groups is 1. The van der Waals surface area contributed by atoms with E-state index in [2.05, 4.69) is 22.0 Å². The minimum atomic E-state index is 0.148. The van der Waals surface area contributed by atoms with Crippen LogP contribution in [0.3, 0.4) is 0 Å². The van der Waals surface area contributed by atoms with Gasteiger partial charge in [-0.05, 0) is 42.0 Å². The zero-order chi connectivity index (χ0) is 21.6. The first-order valence-electron chi connectivity index (χ1n) is 10.4. The molecule has 0 saturated carbocycles. The van der Waals surface area contributed by atoms with Gasteiger partial charge >= 0.3 is 0 Å². The number of nitrogens with zero attached hydrogens (tertiary/aromatic N) is 3. The topological polar surface area (TPSA) is 58.8 Å². The number of halogens is 1. The molecule has 6 nitrogen and oxygen atoms in total. The average molecular weight is 440 g/mol. The fourth-order valence-electron chi connectivity index (χ4n) is 3.69. The highest BCUT2D eigenvalue weighted by Gasteiger charge is 2.21. The number of hydrogen-bond acceptors (Lipinski definition) is 5. The maximum atomic E-state index is 12.6. The number of hydrogen-bond donors (Lipinski definition) is 0. The lowest BCUT2D eigenvalue weighted by atomic mass is 10.2. The molecule has 3 aromatic rings. The van der Waals surface area contributed by atoms with E-state index in [1.165, 1.54) is 5.56 Å². The van der Waals surface area contributed by atoms with E-state index >= 15 is 0 Å². The van der Waals surface area contributed by atoms with Crippen molar-refractivity contribution < 1.29 is 13.9 Å². The van der Waals surface area contributed by atoms with E-state index in [1.807, 2.05) is 41.3 Å². The van der Waals surface area contributed by atoms with E-state index in [0.29, 0.717) is 29.5 Å². The normalized spacial score (nSPS) is 14.6. The average Bonchev–Trinajstić information content (AvgIpc) is 3.28. The summed E-state index contributed by atoms with van der Waals surface area (Å²) < 4.78 is 11.0. The summed E-state index contributed by atoms with van der Waals surface area (Å²) in [5, 5.41) is 0.679. The Morgan fingerprint density at radius 2 is 1.77 bits per heavy atom. The number of aromatic nitrogens is 1. The van der Waals surface area contributed by atoms with Crippen LogP contribution in [-0.2, 0) is 17.8 Å². The van der Waals surface area contributed by atoms with Gasteiger partial charge in [-0.15, -0.1) is 0 Å². The van der Waals surface area contributed by atoms with Crippen molar-refractivity contribution in [1.29, 1.82) is 0 Å². The van der Waals surface area contributed by atoms with Crippen LogP contribution in [-0.4, -0.2) is 54.0 Å². The lowest BCUT2D eigenvalue weighted by Gasteiger charge is -2.34. The molecule has 1 aliphatic heterocycles. The first-order chi connectivity index (χ1) is 15.1. The highest BCUT2D eigenvalue weighted by molar-refractivity contribution is 6.30. The third kappa shape index (κ3) is 5.66. The van der Waals surface area contributed by atoms with Crippen molar-refractivity contribution in [2.75, 3.05) is 33.3 Å². The summed E-state index contributed by atoms with van der Waals surface area (Å²) in [6, 6.07) is 15.6. The second kappa shape index (κ2) is 9.98. The summed E-state index contributed by atoms with van der Waals surface area (Å²) in [4.78, 5) is 21.3. The molecule has 31 heavy (non-hydrogen) atoms. The van der Waals surface area contributed by atoms with Gasteiger partial charge in [-0.1, -0.05) is 23.7 Å². The van der Waals surface area contributed by atoms with Gasteiger partial charge in [0.05, 0.1) is 13.3 Å². The minimum Gasteiger partial charge on any atom is -0.497 e. The number of oxazole rings is 1. The standard InChI is InChI=1S/C24H26ClN3O3/c1-30-21-8-2-18(3-9-21)17-27-12-14-28(15-13-27)24(29)11-10-23-26-16-22(31-23)19-4-6-20(25)7-5-19/h2-9,16H,10-15,17H2,1H3.